The number of carbonyl (C=O) groups is 4. The Morgan fingerprint density at radius 2 is 1.81 bits per heavy atom. The molecule has 2 aromatic heterocycles. The number of fused-ring (bicyclic) bond motifs is 1. The molecule has 3 N–H and O–H groups in total. The summed E-state index contributed by atoms with van der Waals surface area (Å²) in [6.07, 6.45) is 1.81. The van der Waals surface area contributed by atoms with Crippen LogP contribution in [-0.2, 0) is 27.5 Å². The number of carboxylic acid groups (broad SMARTS) is 1. The molecule has 252 valence electrons. The highest BCUT2D eigenvalue weighted by molar-refractivity contribution is 5.96. The highest BCUT2D eigenvalue weighted by Gasteiger charge is 2.26. The third kappa shape index (κ3) is 8.20. The number of allylic oxidation sites excluding steroid dienone is 1. The molecule has 1 atom stereocenters. The quantitative estimate of drug-likeness (QED) is 0.191. The molecule has 0 saturated carbocycles. The molecular formula is C32H32F2N6O8. The second-order valence-electron chi connectivity index (χ2n) is 10.5. The van der Waals surface area contributed by atoms with Crippen LogP contribution < -0.4 is 20.9 Å². The summed E-state index contributed by atoms with van der Waals surface area (Å²) >= 11 is 0. The van der Waals surface area contributed by atoms with Crippen molar-refractivity contribution in [2.45, 2.75) is 32.0 Å². The third-order valence-electron chi connectivity index (χ3n) is 6.98. The lowest BCUT2D eigenvalue weighted by molar-refractivity contribution is -0.123. The number of methoxy groups -OCH3 is 1. The van der Waals surface area contributed by atoms with Crippen molar-refractivity contribution < 1.29 is 42.5 Å². The van der Waals surface area contributed by atoms with Gasteiger partial charge >= 0.3 is 12.2 Å². The minimum Gasteiger partial charge on any atom is -0.483 e. The number of alkyl carbamates (subject to hydrolysis) is 1. The van der Waals surface area contributed by atoms with Crippen LogP contribution >= 0.6 is 0 Å². The molecule has 3 amide bonds. The lowest BCUT2D eigenvalue weighted by Crippen LogP contribution is -2.44. The fraction of sp³-hybridized carbons (Fsp3) is 0.250. The van der Waals surface area contributed by atoms with Crippen LogP contribution in [0.15, 0.2) is 71.7 Å². The number of hydrogen-bond acceptors (Lipinski definition) is 8. The first-order valence-electron chi connectivity index (χ1n) is 14.4. The molecule has 0 aliphatic carbocycles. The standard InChI is InChI=1S/C32H32F2N6O8/c1-38(2)25(41)14-8-7-12-22(36-31(44)47-3)29(42)35-23-13-9-15-39(30(23)43)17-24-37-26-27(40(24)32(45)46)20(33)16-21(34)28(26)48-18-19-10-5-4-6-11-19/h4-6,8-11,13-16,22H,7,12,17-18H2,1-3H3,(H,35,42)(H,36,44)(H,45,46)/b14-8+. The summed E-state index contributed by atoms with van der Waals surface area (Å²) in [6.45, 7) is -0.650. The van der Waals surface area contributed by atoms with Gasteiger partial charge in [-0.05, 0) is 36.6 Å². The number of halogens is 2. The van der Waals surface area contributed by atoms with E-state index in [1.54, 1.807) is 44.4 Å². The number of benzene rings is 2. The number of anilines is 1. The maximum Gasteiger partial charge on any atom is 0.417 e. The molecule has 48 heavy (non-hydrogen) atoms. The number of pyridine rings is 1. The van der Waals surface area contributed by atoms with Gasteiger partial charge in [-0.15, -0.1) is 0 Å². The molecule has 0 fully saturated rings. The number of hydrogen-bond donors (Lipinski definition) is 3. The summed E-state index contributed by atoms with van der Waals surface area (Å²) in [5.74, 6) is -4.19. The van der Waals surface area contributed by atoms with Crippen LogP contribution in [0.2, 0.25) is 0 Å². The summed E-state index contributed by atoms with van der Waals surface area (Å²) in [7, 11) is 4.25. The normalized spacial score (nSPS) is 11.7. The molecule has 0 aliphatic rings. The molecule has 0 bridgehead atoms. The minimum absolute atomic E-state index is 0.0403. The van der Waals surface area contributed by atoms with E-state index in [-0.39, 0.29) is 36.9 Å². The second kappa shape index (κ2) is 15.5. The molecule has 0 aliphatic heterocycles. The first-order chi connectivity index (χ1) is 22.9. The molecule has 0 radical (unpaired) electrons. The monoisotopic (exact) mass is 666 g/mol. The van der Waals surface area contributed by atoms with Gasteiger partial charge in [-0.2, -0.15) is 0 Å². The lowest BCUT2D eigenvalue weighted by atomic mass is 10.1. The zero-order valence-corrected chi connectivity index (χ0v) is 26.1. The minimum atomic E-state index is -1.65. The van der Waals surface area contributed by atoms with Crippen molar-refractivity contribution in [2.24, 2.45) is 0 Å². The number of nitrogens with one attached hydrogen (secondary N) is 2. The molecular weight excluding hydrogens is 634 g/mol. The van der Waals surface area contributed by atoms with E-state index in [1.165, 1.54) is 35.4 Å². The van der Waals surface area contributed by atoms with Crippen LogP contribution in [0.5, 0.6) is 5.75 Å². The second-order valence-corrected chi connectivity index (χ2v) is 10.5. The molecule has 16 heteroatoms. The van der Waals surface area contributed by atoms with E-state index in [0.717, 1.165) is 11.7 Å². The van der Waals surface area contributed by atoms with Gasteiger partial charge in [-0.1, -0.05) is 36.4 Å². The van der Waals surface area contributed by atoms with Crippen molar-refractivity contribution in [1.82, 2.24) is 24.3 Å². The van der Waals surface area contributed by atoms with Gasteiger partial charge in [0.15, 0.2) is 17.4 Å². The number of likely N-dealkylation sites (N-methyl/N-ethyl adjacent to an activating group) is 1. The van der Waals surface area contributed by atoms with Gasteiger partial charge in [0.2, 0.25) is 11.8 Å². The summed E-state index contributed by atoms with van der Waals surface area (Å²) in [6, 6.07) is 10.7. The number of amides is 3. The summed E-state index contributed by atoms with van der Waals surface area (Å²) in [5.41, 5.74) is -1.35. The van der Waals surface area contributed by atoms with Gasteiger partial charge in [-0.25, -0.2) is 27.9 Å². The van der Waals surface area contributed by atoms with E-state index in [9.17, 15) is 33.5 Å². The van der Waals surface area contributed by atoms with Crippen LogP contribution in [0.1, 0.15) is 24.2 Å². The fourth-order valence-electron chi connectivity index (χ4n) is 4.58. The molecule has 0 spiro atoms. The zero-order valence-electron chi connectivity index (χ0n) is 26.1. The summed E-state index contributed by atoms with van der Waals surface area (Å²) in [4.78, 5) is 68.0. The largest absolute Gasteiger partial charge is 0.483 e. The maximum atomic E-state index is 15.0. The number of imidazole rings is 1. The van der Waals surface area contributed by atoms with Gasteiger partial charge in [-0.3, -0.25) is 14.4 Å². The Balaban J connectivity index is 1.62. The first kappa shape index (κ1) is 34.8. The SMILES string of the molecule is COC(=O)NC(CC/C=C/C(=O)N(C)C)C(=O)Nc1cccn(Cc2nc3c(OCc4ccccc4)c(F)cc(F)c3n2C(=O)O)c1=O. The van der Waals surface area contributed by atoms with E-state index >= 15 is 4.39 Å². The maximum absolute atomic E-state index is 15.0. The van der Waals surface area contributed by atoms with Crippen LogP contribution in [0, 0.1) is 11.6 Å². The topological polar surface area (TPSA) is 174 Å². The summed E-state index contributed by atoms with van der Waals surface area (Å²) in [5, 5.41) is 14.8. The van der Waals surface area contributed by atoms with Crippen molar-refractivity contribution in [3.63, 3.8) is 0 Å². The molecule has 1 unspecified atom stereocenters. The first-order valence-corrected chi connectivity index (χ1v) is 14.4. The van der Waals surface area contributed by atoms with Gasteiger partial charge in [0, 0.05) is 26.4 Å². The number of carbonyl (C=O) groups excluding carboxylic acids is 3. The average Bonchev–Trinajstić information content (AvgIpc) is 3.44. The van der Waals surface area contributed by atoms with Crippen LogP contribution in [0.3, 0.4) is 0 Å². The van der Waals surface area contributed by atoms with Crippen molar-refractivity contribution in [2.75, 3.05) is 26.5 Å². The van der Waals surface area contributed by atoms with E-state index < -0.39 is 64.7 Å². The predicted molar refractivity (Wildman–Crippen MR) is 169 cm³/mol. The summed E-state index contributed by atoms with van der Waals surface area (Å²) < 4.78 is 41.6. The number of nitrogens with zero attached hydrogens (tertiary/aromatic N) is 4. The van der Waals surface area contributed by atoms with E-state index in [2.05, 4.69) is 20.4 Å². The van der Waals surface area contributed by atoms with Gasteiger partial charge in [0.1, 0.15) is 35.2 Å². The predicted octanol–water partition coefficient (Wildman–Crippen LogP) is 3.72. The van der Waals surface area contributed by atoms with Crippen molar-refractivity contribution in [3.05, 3.63) is 100 Å². The number of ether oxygens (including phenoxy) is 2. The van der Waals surface area contributed by atoms with E-state index in [4.69, 9.17) is 4.74 Å². The Kier molecular flexibility index (Phi) is 11.2. The highest BCUT2D eigenvalue weighted by Crippen LogP contribution is 2.32. The van der Waals surface area contributed by atoms with E-state index in [0.29, 0.717) is 16.2 Å². The van der Waals surface area contributed by atoms with E-state index in [1.807, 2.05) is 0 Å². The Hall–Kier alpha value is -6.06. The molecule has 2 heterocycles. The molecule has 0 saturated heterocycles. The van der Waals surface area contributed by atoms with Gasteiger partial charge < -0.3 is 34.7 Å². The molecule has 4 aromatic rings. The van der Waals surface area contributed by atoms with Crippen LogP contribution in [-0.4, -0.2) is 75.4 Å². The average molecular weight is 667 g/mol. The fourth-order valence-corrected chi connectivity index (χ4v) is 4.58. The van der Waals surface area contributed by atoms with Gasteiger partial charge in [0.25, 0.3) is 5.56 Å². The number of aromatic nitrogens is 3. The third-order valence-corrected chi connectivity index (χ3v) is 6.98. The Morgan fingerprint density at radius 3 is 2.48 bits per heavy atom. The van der Waals surface area contributed by atoms with Crippen LogP contribution in [0.25, 0.3) is 11.0 Å². The van der Waals surface area contributed by atoms with Crippen molar-refractivity contribution in [1.29, 1.82) is 0 Å². The zero-order chi connectivity index (χ0) is 35.0. The molecule has 14 nitrogen and oxygen atoms in total. The highest BCUT2D eigenvalue weighted by atomic mass is 19.1. The Morgan fingerprint density at radius 1 is 1.08 bits per heavy atom. The van der Waals surface area contributed by atoms with Crippen molar-refractivity contribution in [3.8, 4) is 5.75 Å². The smallest absolute Gasteiger partial charge is 0.417 e. The number of rotatable bonds is 12. The molecule has 2 aromatic carbocycles. The van der Waals surface area contributed by atoms with Gasteiger partial charge in [0.05, 0.1) is 13.7 Å². The Labute approximate surface area is 272 Å². The molecule has 4 rings (SSSR count). The lowest BCUT2D eigenvalue weighted by Gasteiger charge is -2.17. The van der Waals surface area contributed by atoms with Crippen molar-refractivity contribution >= 4 is 40.7 Å². The van der Waals surface area contributed by atoms with Crippen LogP contribution in [0.4, 0.5) is 24.1 Å². The Bertz CT molecular complexity index is 1920.